The Balaban J connectivity index is 2.30. The highest BCUT2D eigenvalue weighted by atomic mass is 14.7. The van der Waals surface area contributed by atoms with E-state index in [1.165, 1.54) is 19.3 Å². The fraction of sp³-hybridized carbons (Fsp3) is 1.00. The number of rotatable bonds is 0. The molecule has 2 saturated carbocycles. The Labute approximate surface area is 109 Å². The van der Waals surface area contributed by atoms with Gasteiger partial charge < -0.3 is 0 Å². The van der Waals surface area contributed by atoms with Crippen LogP contribution in [-0.4, -0.2) is 0 Å². The summed E-state index contributed by atoms with van der Waals surface area (Å²) in [4.78, 5) is 0. The van der Waals surface area contributed by atoms with E-state index in [1.54, 1.807) is 0 Å². The van der Waals surface area contributed by atoms with Crippen molar-refractivity contribution in [3.8, 4) is 0 Å². The quantitative estimate of drug-likeness (QED) is 0.519. The lowest BCUT2D eigenvalue weighted by Crippen LogP contribution is -2.42. The van der Waals surface area contributed by atoms with E-state index in [1.807, 2.05) is 0 Å². The molecular weight excluding hydrogens is 204 g/mol. The van der Waals surface area contributed by atoms with Crippen LogP contribution in [0.15, 0.2) is 0 Å². The van der Waals surface area contributed by atoms with Gasteiger partial charge in [-0.25, -0.2) is 0 Å². The maximum Gasteiger partial charge on any atom is -0.0263 e. The van der Waals surface area contributed by atoms with E-state index in [0.717, 1.165) is 11.8 Å². The van der Waals surface area contributed by atoms with Crippen LogP contribution in [0.2, 0.25) is 0 Å². The van der Waals surface area contributed by atoms with Crippen molar-refractivity contribution in [2.75, 3.05) is 0 Å². The summed E-state index contributed by atoms with van der Waals surface area (Å²) in [6.07, 6.45) is 4.38. The summed E-state index contributed by atoms with van der Waals surface area (Å²) in [5.74, 6) is 1.78. The van der Waals surface area contributed by atoms with Crippen LogP contribution in [0.1, 0.15) is 74.7 Å². The summed E-state index contributed by atoms with van der Waals surface area (Å²) in [6, 6.07) is 0. The molecule has 2 unspecified atom stereocenters. The Morgan fingerprint density at radius 1 is 0.706 bits per heavy atom. The molecule has 0 saturated heterocycles. The SMILES string of the molecule is CC(C)(C)C1C[C@@]2(C)C[C@@]2(C)CC1C(C)(C)C. The van der Waals surface area contributed by atoms with E-state index in [0.29, 0.717) is 21.7 Å². The lowest BCUT2D eigenvalue weighted by molar-refractivity contribution is -0.00858. The molecule has 0 N–H and O–H groups in total. The Kier molecular flexibility index (Phi) is 2.61. The van der Waals surface area contributed by atoms with Crippen LogP contribution in [0.3, 0.4) is 0 Å². The minimum Gasteiger partial charge on any atom is -0.0599 e. The molecule has 0 aromatic carbocycles. The molecule has 4 atom stereocenters. The molecule has 0 nitrogen and oxygen atoms in total. The predicted octanol–water partition coefficient (Wildman–Crippen LogP) is 5.52. The first-order chi connectivity index (χ1) is 7.39. The van der Waals surface area contributed by atoms with Crippen molar-refractivity contribution in [2.24, 2.45) is 33.5 Å². The summed E-state index contributed by atoms with van der Waals surface area (Å²) >= 11 is 0. The molecule has 0 aromatic heterocycles. The Morgan fingerprint density at radius 3 is 1.24 bits per heavy atom. The van der Waals surface area contributed by atoms with Crippen LogP contribution in [0.25, 0.3) is 0 Å². The van der Waals surface area contributed by atoms with Crippen LogP contribution in [0, 0.1) is 33.5 Å². The van der Waals surface area contributed by atoms with E-state index in [2.05, 4.69) is 55.4 Å². The van der Waals surface area contributed by atoms with E-state index in [4.69, 9.17) is 0 Å². The molecule has 2 fully saturated rings. The molecule has 2 aliphatic rings. The molecule has 0 spiro atoms. The maximum absolute atomic E-state index is 2.53. The fourth-order valence-corrected chi connectivity index (χ4v) is 4.53. The summed E-state index contributed by atoms with van der Waals surface area (Å²) in [5.41, 5.74) is 2.25. The maximum atomic E-state index is 2.53. The summed E-state index contributed by atoms with van der Waals surface area (Å²) in [5, 5.41) is 0. The van der Waals surface area contributed by atoms with Gasteiger partial charge in [-0.05, 0) is 52.8 Å². The topological polar surface area (TPSA) is 0 Å². The minimum absolute atomic E-state index is 0.463. The van der Waals surface area contributed by atoms with Gasteiger partial charge in [0.2, 0.25) is 0 Å². The van der Waals surface area contributed by atoms with Gasteiger partial charge in [0.05, 0.1) is 0 Å². The van der Waals surface area contributed by atoms with E-state index < -0.39 is 0 Å². The average Bonchev–Trinajstić information content (AvgIpc) is 2.62. The average molecular weight is 236 g/mol. The zero-order valence-corrected chi connectivity index (χ0v) is 13.3. The van der Waals surface area contributed by atoms with Gasteiger partial charge in [0, 0.05) is 0 Å². The van der Waals surface area contributed by atoms with Gasteiger partial charge in [-0.1, -0.05) is 55.4 Å². The number of fused-ring (bicyclic) bond motifs is 1. The van der Waals surface area contributed by atoms with Crippen molar-refractivity contribution in [2.45, 2.75) is 74.7 Å². The highest BCUT2D eigenvalue weighted by Crippen LogP contribution is 2.75. The van der Waals surface area contributed by atoms with Crippen LogP contribution < -0.4 is 0 Å². The zero-order valence-electron chi connectivity index (χ0n) is 13.3. The van der Waals surface area contributed by atoms with E-state index in [9.17, 15) is 0 Å². The molecule has 100 valence electrons. The molecule has 0 amide bonds. The summed E-state index contributed by atoms with van der Waals surface area (Å²) in [7, 11) is 0. The van der Waals surface area contributed by atoms with Gasteiger partial charge in [0.25, 0.3) is 0 Å². The molecule has 2 rings (SSSR count). The Morgan fingerprint density at radius 2 is 1.00 bits per heavy atom. The van der Waals surface area contributed by atoms with Crippen molar-refractivity contribution in [3.63, 3.8) is 0 Å². The van der Waals surface area contributed by atoms with Crippen molar-refractivity contribution >= 4 is 0 Å². The van der Waals surface area contributed by atoms with Crippen molar-refractivity contribution in [1.82, 2.24) is 0 Å². The monoisotopic (exact) mass is 236 g/mol. The first kappa shape index (κ1) is 13.4. The molecule has 0 radical (unpaired) electrons. The lowest BCUT2D eigenvalue weighted by Gasteiger charge is -2.50. The van der Waals surface area contributed by atoms with Gasteiger partial charge in [-0.15, -0.1) is 0 Å². The Bertz CT molecular complexity index is 282. The lowest BCUT2D eigenvalue weighted by atomic mass is 9.55. The predicted molar refractivity (Wildman–Crippen MR) is 76.0 cm³/mol. The normalized spacial score (nSPS) is 46.6. The third-order valence-corrected chi connectivity index (χ3v) is 6.16. The number of hydrogen-bond donors (Lipinski definition) is 0. The first-order valence-corrected chi connectivity index (χ1v) is 7.39. The first-order valence-electron chi connectivity index (χ1n) is 7.39. The van der Waals surface area contributed by atoms with Gasteiger partial charge in [-0.3, -0.25) is 0 Å². The molecule has 0 heterocycles. The second-order valence-corrected chi connectivity index (χ2v) is 9.65. The van der Waals surface area contributed by atoms with Gasteiger partial charge in [0.15, 0.2) is 0 Å². The Hall–Kier alpha value is 0. The van der Waals surface area contributed by atoms with Gasteiger partial charge in [-0.2, -0.15) is 0 Å². The highest BCUT2D eigenvalue weighted by molar-refractivity contribution is 5.16. The summed E-state index contributed by atoms with van der Waals surface area (Å²) in [6.45, 7) is 19.8. The number of hydrogen-bond acceptors (Lipinski definition) is 0. The van der Waals surface area contributed by atoms with Gasteiger partial charge >= 0.3 is 0 Å². The zero-order chi connectivity index (χ0) is 13.3. The van der Waals surface area contributed by atoms with Crippen LogP contribution >= 0.6 is 0 Å². The molecule has 17 heavy (non-hydrogen) atoms. The van der Waals surface area contributed by atoms with Crippen LogP contribution in [0.4, 0.5) is 0 Å². The molecule has 0 heteroatoms. The van der Waals surface area contributed by atoms with E-state index in [-0.39, 0.29) is 0 Å². The summed E-state index contributed by atoms with van der Waals surface area (Å²) < 4.78 is 0. The largest absolute Gasteiger partial charge is 0.0599 e. The second kappa shape index (κ2) is 3.31. The van der Waals surface area contributed by atoms with Gasteiger partial charge in [0.1, 0.15) is 0 Å². The third-order valence-electron chi connectivity index (χ3n) is 6.16. The van der Waals surface area contributed by atoms with E-state index >= 15 is 0 Å². The second-order valence-electron chi connectivity index (χ2n) is 9.65. The standard InChI is InChI=1S/C17H32/c1-14(2,3)12-9-16(7)11-17(16,8)10-13(12)15(4,5)6/h12-13H,9-11H2,1-8H3/t12?,13?,16-,17+. The molecule has 0 aromatic rings. The molecular formula is C17H32. The van der Waals surface area contributed by atoms with Crippen LogP contribution in [-0.2, 0) is 0 Å². The van der Waals surface area contributed by atoms with Crippen molar-refractivity contribution in [3.05, 3.63) is 0 Å². The smallest absolute Gasteiger partial charge is 0.0263 e. The molecule has 0 aliphatic heterocycles. The van der Waals surface area contributed by atoms with Crippen molar-refractivity contribution < 1.29 is 0 Å². The van der Waals surface area contributed by atoms with Crippen molar-refractivity contribution in [1.29, 1.82) is 0 Å². The fourth-order valence-electron chi connectivity index (χ4n) is 4.53. The van der Waals surface area contributed by atoms with Crippen LogP contribution in [0.5, 0.6) is 0 Å². The minimum atomic E-state index is 0.463. The third kappa shape index (κ3) is 2.06. The molecule has 2 aliphatic carbocycles. The molecule has 0 bridgehead atoms. The highest BCUT2D eigenvalue weighted by Gasteiger charge is 2.66.